The molecule has 310 valence electrons. The van der Waals surface area contributed by atoms with E-state index >= 15 is 0 Å². The molecule has 5 rings (SSSR count). The van der Waals surface area contributed by atoms with E-state index in [1.807, 2.05) is 0 Å². The molecular formula is C34H38N8O16. The predicted octanol–water partition coefficient (Wildman–Crippen LogP) is 0.222. The lowest BCUT2D eigenvalue weighted by atomic mass is 10.2. The topological polar surface area (TPSA) is 356 Å². The van der Waals surface area contributed by atoms with Gasteiger partial charge in [0.15, 0.2) is 17.1 Å². The summed E-state index contributed by atoms with van der Waals surface area (Å²) < 4.78 is 20.6. The molecule has 24 nitrogen and oxygen atoms in total. The molecule has 0 bridgehead atoms. The number of fused-ring (bicyclic) bond motifs is 2. The van der Waals surface area contributed by atoms with Crippen LogP contribution in [0.3, 0.4) is 0 Å². The number of nitrogens with two attached hydrogens (primary N) is 1. The maximum absolute atomic E-state index is 11.9. The molecule has 0 radical (unpaired) electrons. The van der Waals surface area contributed by atoms with Gasteiger partial charge in [-0.1, -0.05) is 0 Å². The van der Waals surface area contributed by atoms with Gasteiger partial charge in [0.25, 0.3) is 11.1 Å². The third-order valence-electron chi connectivity index (χ3n) is 6.66. The minimum atomic E-state index is -1.22. The van der Waals surface area contributed by atoms with Crippen molar-refractivity contribution in [3.63, 3.8) is 0 Å². The van der Waals surface area contributed by atoms with Gasteiger partial charge in [-0.15, -0.1) is 0 Å². The molecule has 1 aliphatic rings. The summed E-state index contributed by atoms with van der Waals surface area (Å²) >= 11 is 0. The molecule has 0 saturated heterocycles. The summed E-state index contributed by atoms with van der Waals surface area (Å²) in [6.45, 7) is 9.19. The summed E-state index contributed by atoms with van der Waals surface area (Å²) in [6.07, 6.45) is 4.63. The first kappa shape index (κ1) is 46.2. The molecule has 58 heavy (non-hydrogen) atoms. The van der Waals surface area contributed by atoms with Crippen LogP contribution in [0.2, 0.25) is 0 Å². The lowest BCUT2D eigenvalue weighted by molar-refractivity contribution is -0.140. The Bertz CT molecular complexity index is 2300. The zero-order valence-electron chi connectivity index (χ0n) is 31.5. The van der Waals surface area contributed by atoms with E-state index in [1.54, 1.807) is 27.7 Å². The molecule has 0 fully saturated rings. The van der Waals surface area contributed by atoms with Crippen LogP contribution in [-0.2, 0) is 33.3 Å². The molecule has 24 heteroatoms. The number of H-pyrrole nitrogens is 2. The summed E-state index contributed by atoms with van der Waals surface area (Å²) in [5.74, 6) is -6.05. The van der Waals surface area contributed by atoms with Crippen molar-refractivity contribution >= 4 is 58.6 Å². The van der Waals surface area contributed by atoms with Crippen molar-refractivity contribution in [3.8, 4) is 0 Å². The van der Waals surface area contributed by atoms with Crippen molar-refractivity contribution in [2.24, 2.45) is 10.7 Å². The lowest BCUT2D eigenvalue weighted by Crippen LogP contribution is -2.24. The Kier molecular flexibility index (Phi) is 17.4. The number of aromatic amines is 2. The number of aliphatic carboxylic acids is 1. The third-order valence-corrected chi connectivity index (χ3v) is 6.66. The standard InChI is InChI=1S/2C10H9N3O5.C9H14O4.C5H6N2O2/c2*1-2-18-10(17)5-4-11-7-3-6(9(15)16)12-13(7)8(5)14;1-4-12-6-8(7(3)10)9(11)13-5-2;6-3-1-4(5(8)9)7-2-3/h2*3-4,12H,2H2,1H3,(H,15,16);6H,4-5H2,1-3H3;1H,2,6H2,(H,8,9)/b;;8-6-;. The molecule has 0 amide bonds. The van der Waals surface area contributed by atoms with Gasteiger partial charge in [0, 0.05) is 30.2 Å². The molecule has 0 aliphatic carbocycles. The highest BCUT2D eigenvalue weighted by Gasteiger charge is 2.19. The number of aromatic nitrogens is 6. The van der Waals surface area contributed by atoms with Crippen molar-refractivity contribution in [1.82, 2.24) is 29.2 Å². The predicted molar refractivity (Wildman–Crippen MR) is 197 cm³/mol. The third kappa shape index (κ3) is 12.6. The number of rotatable bonds is 12. The van der Waals surface area contributed by atoms with Gasteiger partial charge in [-0.25, -0.2) is 47.8 Å². The molecule has 5 heterocycles. The number of aliphatic imine (C=N–C) groups is 1. The van der Waals surface area contributed by atoms with Gasteiger partial charge in [-0.05, 0) is 40.7 Å². The lowest BCUT2D eigenvalue weighted by Gasteiger charge is -2.03. The SMILES string of the molecule is CCO/C=C(/C(C)=O)C(=O)OCC.CCOC(=O)c1cnc2cc(C(=O)O)[nH]n2c1=O.CCOC(=O)c1cnc2cc(C(=O)O)[nH]n2c1=O.NC1=CC(C(=O)O)=NC1. The first-order valence-corrected chi connectivity index (χ1v) is 16.7. The molecule has 0 spiro atoms. The van der Waals surface area contributed by atoms with Crippen molar-refractivity contribution in [1.29, 1.82) is 0 Å². The van der Waals surface area contributed by atoms with E-state index < -0.39 is 46.9 Å². The summed E-state index contributed by atoms with van der Waals surface area (Å²) in [6, 6.07) is 2.39. The molecule has 1 aliphatic heterocycles. The molecule has 0 atom stereocenters. The molecule has 0 saturated carbocycles. The largest absolute Gasteiger partial charge is 0.500 e. The number of aromatic carboxylic acids is 2. The maximum atomic E-state index is 11.9. The minimum absolute atomic E-state index is 0.0486. The highest BCUT2D eigenvalue weighted by molar-refractivity contribution is 6.41. The maximum Gasteiger partial charge on any atom is 0.354 e. The van der Waals surface area contributed by atoms with Crippen LogP contribution in [0.15, 0.2) is 62.7 Å². The molecule has 4 aromatic heterocycles. The number of carbonyl (C=O) groups is 7. The average molecular weight is 815 g/mol. The average Bonchev–Trinajstić information content (AvgIpc) is 3.92. The van der Waals surface area contributed by atoms with Crippen molar-refractivity contribution in [3.05, 3.63) is 91.4 Å². The molecule has 4 aromatic rings. The number of carbonyl (C=O) groups excluding carboxylic acids is 4. The smallest absolute Gasteiger partial charge is 0.354 e. The molecule has 0 unspecified atom stereocenters. The number of hydrogen-bond donors (Lipinski definition) is 6. The van der Waals surface area contributed by atoms with Gasteiger partial charge in [-0.2, -0.15) is 0 Å². The summed E-state index contributed by atoms with van der Waals surface area (Å²) in [5, 5.41) is 30.5. The number of ketones is 1. The number of carboxylic acids is 3. The Hall–Kier alpha value is -7.92. The van der Waals surface area contributed by atoms with E-state index in [4.69, 9.17) is 25.8 Å². The normalized spacial score (nSPS) is 11.6. The Morgan fingerprint density at radius 1 is 0.741 bits per heavy atom. The van der Waals surface area contributed by atoms with Crippen LogP contribution >= 0.6 is 0 Å². The first-order chi connectivity index (χ1) is 27.4. The van der Waals surface area contributed by atoms with E-state index in [9.17, 15) is 43.2 Å². The van der Waals surface area contributed by atoms with E-state index in [-0.39, 0.29) is 70.7 Å². The fourth-order valence-corrected chi connectivity index (χ4v) is 4.06. The number of nitrogens with one attached hydrogen (secondary N) is 2. The van der Waals surface area contributed by atoms with E-state index in [1.165, 1.54) is 25.1 Å². The zero-order valence-corrected chi connectivity index (χ0v) is 31.5. The fourth-order valence-electron chi connectivity index (χ4n) is 4.06. The van der Waals surface area contributed by atoms with Crippen LogP contribution in [0.25, 0.3) is 11.3 Å². The number of esters is 3. The number of hydrogen-bond acceptors (Lipinski definition) is 17. The van der Waals surface area contributed by atoms with Gasteiger partial charge >= 0.3 is 35.8 Å². The van der Waals surface area contributed by atoms with Gasteiger partial charge in [0.2, 0.25) is 0 Å². The van der Waals surface area contributed by atoms with Crippen LogP contribution in [0, 0.1) is 0 Å². The first-order valence-electron chi connectivity index (χ1n) is 16.7. The number of ether oxygens (including phenoxy) is 4. The number of carboxylic acid groups (broad SMARTS) is 3. The second-order valence-corrected chi connectivity index (χ2v) is 10.7. The monoisotopic (exact) mass is 814 g/mol. The van der Waals surface area contributed by atoms with Crippen LogP contribution in [0.1, 0.15) is 76.3 Å². The summed E-state index contributed by atoms with van der Waals surface area (Å²) in [4.78, 5) is 111. The number of Topliss-reactive ketones (excluding diaryl/α,β-unsaturated/α-hetero) is 1. The Balaban J connectivity index is 0.000000275. The fraction of sp³-hybridized carbons (Fsp3) is 0.294. The number of nitrogens with zero attached hydrogens (tertiary/aromatic N) is 5. The highest BCUT2D eigenvalue weighted by atomic mass is 16.5. The highest BCUT2D eigenvalue weighted by Crippen LogP contribution is 2.05. The van der Waals surface area contributed by atoms with Crippen molar-refractivity contribution in [2.75, 3.05) is 33.0 Å². The van der Waals surface area contributed by atoms with E-state index in [0.717, 1.165) is 27.7 Å². The summed E-state index contributed by atoms with van der Waals surface area (Å²) in [7, 11) is 0. The van der Waals surface area contributed by atoms with Crippen LogP contribution in [-0.4, -0.2) is 125 Å². The van der Waals surface area contributed by atoms with Crippen LogP contribution in [0.5, 0.6) is 0 Å². The molecular weight excluding hydrogens is 776 g/mol. The van der Waals surface area contributed by atoms with Crippen molar-refractivity contribution in [2.45, 2.75) is 34.6 Å². The van der Waals surface area contributed by atoms with E-state index in [2.05, 4.69) is 39.4 Å². The molecule has 7 N–H and O–H groups in total. The quantitative estimate of drug-likeness (QED) is 0.0278. The van der Waals surface area contributed by atoms with Gasteiger partial charge in [-0.3, -0.25) is 29.6 Å². The Morgan fingerprint density at radius 2 is 1.19 bits per heavy atom. The second kappa shape index (κ2) is 21.8. The summed E-state index contributed by atoms with van der Waals surface area (Å²) in [5.41, 5.74) is 3.68. The van der Waals surface area contributed by atoms with E-state index in [0.29, 0.717) is 18.8 Å². The zero-order chi connectivity index (χ0) is 43.7. The van der Waals surface area contributed by atoms with Gasteiger partial charge in [0.1, 0.15) is 40.1 Å². The van der Waals surface area contributed by atoms with Gasteiger partial charge in [0.05, 0.1) is 33.0 Å². The Morgan fingerprint density at radius 3 is 1.50 bits per heavy atom. The Labute approximate surface area is 325 Å². The molecule has 0 aromatic carbocycles. The van der Waals surface area contributed by atoms with Crippen molar-refractivity contribution < 1.29 is 67.8 Å². The van der Waals surface area contributed by atoms with Crippen LogP contribution in [0.4, 0.5) is 0 Å². The second-order valence-electron chi connectivity index (χ2n) is 10.7. The van der Waals surface area contributed by atoms with Gasteiger partial charge < -0.3 is 40.0 Å². The van der Waals surface area contributed by atoms with Crippen LogP contribution < -0.4 is 16.9 Å². The minimum Gasteiger partial charge on any atom is -0.500 e.